The van der Waals surface area contributed by atoms with E-state index < -0.39 is 15.0 Å². The molecule has 0 radical (unpaired) electrons. The van der Waals surface area contributed by atoms with Gasteiger partial charge in [0.15, 0.2) is 0 Å². The molecule has 0 saturated carbocycles. The zero-order valence-electron chi connectivity index (χ0n) is 9.94. The van der Waals surface area contributed by atoms with Gasteiger partial charge in [-0.2, -0.15) is 0 Å². The lowest BCUT2D eigenvalue weighted by atomic mass is 10.2. The Kier molecular flexibility index (Phi) is 4.81. The molecule has 0 aliphatic carbocycles. The summed E-state index contributed by atoms with van der Waals surface area (Å²) in [6.07, 6.45) is 0.211. The van der Waals surface area contributed by atoms with Crippen LogP contribution in [0, 0.1) is 0 Å². The van der Waals surface area contributed by atoms with Crippen LogP contribution in [0.15, 0.2) is 17.0 Å². The molecule has 1 saturated heterocycles. The molecule has 1 fully saturated rings. The minimum Gasteiger partial charge on any atom is -0.456 e. The Balaban J connectivity index is 2.33. The van der Waals surface area contributed by atoms with E-state index in [1.807, 2.05) is 0 Å². The summed E-state index contributed by atoms with van der Waals surface area (Å²) in [7, 11) is 1.15. The first-order valence-corrected chi connectivity index (χ1v) is 8.58. The minimum atomic E-state index is -4.08. The van der Waals surface area contributed by atoms with Crippen molar-refractivity contribution in [2.75, 3.05) is 13.2 Å². The third-order valence-electron chi connectivity index (χ3n) is 2.67. The molecule has 1 heterocycles. The van der Waals surface area contributed by atoms with E-state index in [1.54, 1.807) is 0 Å². The van der Waals surface area contributed by atoms with Crippen molar-refractivity contribution in [3.63, 3.8) is 0 Å². The van der Waals surface area contributed by atoms with Crippen LogP contribution in [0.1, 0.15) is 16.8 Å². The fourth-order valence-electron chi connectivity index (χ4n) is 1.69. The first kappa shape index (κ1) is 15.9. The average Bonchev–Trinajstić information content (AvgIpc) is 2.79. The van der Waals surface area contributed by atoms with Crippen LogP contribution in [0.3, 0.4) is 0 Å². The molecule has 0 amide bonds. The Labute approximate surface area is 130 Å². The Morgan fingerprint density at radius 2 is 2.00 bits per heavy atom. The van der Waals surface area contributed by atoms with Crippen LogP contribution in [-0.4, -0.2) is 33.7 Å². The fourth-order valence-corrected chi connectivity index (χ4v) is 3.51. The number of esters is 1. The van der Waals surface area contributed by atoms with E-state index in [2.05, 4.69) is 0 Å². The van der Waals surface area contributed by atoms with Gasteiger partial charge in [0.25, 0.3) is 9.05 Å². The summed E-state index contributed by atoms with van der Waals surface area (Å²) in [5.74, 6) is -0.747. The molecule has 5 nitrogen and oxygen atoms in total. The Morgan fingerprint density at radius 1 is 1.30 bits per heavy atom. The van der Waals surface area contributed by atoms with E-state index in [0.717, 1.165) is 12.1 Å². The van der Waals surface area contributed by atoms with Gasteiger partial charge in [-0.05, 0) is 12.1 Å². The summed E-state index contributed by atoms with van der Waals surface area (Å²) in [5, 5.41) is -0.172. The molecule has 20 heavy (non-hydrogen) atoms. The second-order valence-electron chi connectivity index (χ2n) is 4.09. The van der Waals surface area contributed by atoms with Crippen LogP contribution in [0.5, 0.6) is 0 Å². The fraction of sp³-hybridized carbons (Fsp3) is 0.364. The third kappa shape index (κ3) is 3.56. The van der Waals surface area contributed by atoms with Crippen LogP contribution < -0.4 is 0 Å². The molecule has 1 unspecified atom stereocenters. The van der Waals surface area contributed by atoms with E-state index in [4.69, 9.17) is 43.4 Å². The Hall–Kier alpha value is -0.530. The van der Waals surface area contributed by atoms with E-state index >= 15 is 0 Å². The lowest BCUT2D eigenvalue weighted by Gasteiger charge is -2.12. The van der Waals surface area contributed by atoms with Crippen LogP contribution in [0.4, 0.5) is 0 Å². The standard InChI is InChI=1S/C11H9Cl3O5S/c12-8-4-9(13)10(20(14,16)17)3-7(8)11(15)19-6-1-2-18-5-6/h3-4,6H,1-2,5H2. The molecule has 1 aromatic rings. The number of rotatable bonds is 3. The molecule has 1 aromatic carbocycles. The van der Waals surface area contributed by atoms with Gasteiger partial charge in [-0.25, -0.2) is 13.2 Å². The monoisotopic (exact) mass is 358 g/mol. The van der Waals surface area contributed by atoms with Gasteiger partial charge in [0, 0.05) is 17.1 Å². The van der Waals surface area contributed by atoms with Crippen molar-refractivity contribution in [2.24, 2.45) is 0 Å². The first-order chi connectivity index (χ1) is 9.29. The SMILES string of the molecule is O=C(OC1CCOC1)c1cc(S(=O)(=O)Cl)c(Cl)cc1Cl. The second kappa shape index (κ2) is 6.07. The summed E-state index contributed by atoms with van der Waals surface area (Å²) >= 11 is 11.6. The van der Waals surface area contributed by atoms with E-state index in [9.17, 15) is 13.2 Å². The lowest BCUT2D eigenvalue weighted by Crippen LogP contribution is -2.18. The largest absolute Gasteiger partial charge is 0.456 e. The number of hydrogen-bond donors (Lipinski definition) is 0. The summed E-state index contributed by atoms with van der Waals surface area (Å²) < 4.78 is 32.9. The van der Waals surface area contributed by atoms with Gasteiger partial charge in [0.2, 0.25) is 0 Å². The molecule has 0 N–H and O–H groups in total. The highest BCUT2D eigenvalue weighted by Gasteiger charge is 2.25. The number of ether oxygens (including phenoxy) is 2. The van der Waals surface area contributed by atoms with Gasteiger partial charge in [-0.1, -0.05) is 23.2 Å². The van der Waals surface area contributed by atoms with Crippen molar-refractivity contribution in [1.82, 2.24) is 0 Å². The smallest absolute Gasteiger partial charge is 0.340 e. The predicted octanol–water partition coefficient (Wildman–Crippen LogP) is 2.87. The highest BCUT2D eigenvalue weighted by molar-refractivity contribution is 8.13. The van der Waals surface area contributed by atoms with Crippen LogP contribution >= 0.6 is 33.9 Å². The molecule has 0 spiro atoms. The Morgan fingerprint density at radius 3 is 2.55 bits per heavy atom. The van der Waals surface area contributed by atoms with Gasteiger partial charge in [0.1, 0.15) is 11.0 Å². The van der Waals surface area contributed by atoms with Gasteiger partial charge >= 0.3 is 5.97 Å². The number of carbonyl (C=O) groups is 1. The maximum atomic E-state index is 12.0. The second-order valence-corrected chi connectivity index (χ2v) is 7.44. The van der Waals surface area contributed by atoms with Crippen molar-refractivity contribution in [1.29, 1.82) is 0 Å². The molecule has 1 aliphatic heterocycles. The van der Waals surface area contributed by atoms with Crippen molar-refractivity contribution >= 4 is 48.9 Å². The number of hydrogen-bond acceptors (Lipinski definition) is 5. The normalized spacial score (nSPS) is 19.1. The van der Waals surface area contributed by atoms with Gasteiger partial charge in [0.05, 0.1) is 28.8 Å². The molecule has 110 valence electrons. The summed E-state index contributed by atoms with van der Waals surface area (Å²) in [6.45, 7) is 0.811. The maximum Gasteiger partial charge on any atom is 0.340 e. The van der Waals surface area contributed by atoms with E-state index in [0.29, 0.717) is 19.6 Å². The number of benzene rings is 1. The molecule has 1 aliphatic rings. The topological polar surface area (TPSA) is 69.7 Å². The zero-order chi connectivity index (χ0) is 14.9. The molecule has 1 atom stereocenters. The van der Waals surface area contributed by atoms with E-state index in [1.165, 1.54) is 0 Å². The van der Waals surface area contributed by atoms with Crippen molar-refractivity contribution < 1.29 is 22.7 Å². The molecule has 0 bridgehead atoms. The third-order valence-corrected chi connectivity index (χ3v) is 4.77. The maximum absolute atomic E-state index is 12.0. The molecular formula is C11H9Cl3O5S. The highest BCUT2D eigenvalue weighted by Crippen LogP contribution is 2.31. The zero-order valence-corrected chi connectivity index (χ0v) is 13.0. The van der Waals surface area contributed by atoms with Gasteiger partial charge < -0.3 is 9.47 Å². The van der Waals surface area contributed by atoms with Crippen molar-refractivity contribution in [2.45, 2.75) is 17.4 Å². The predicted molar refractivity (Wildman–Crippen MR) is 74.1 cm³/mol. The number of halogens is 3. The molecule has 2 rings (SSSR count). The van der Waals surface area contributed by atoms with Crippen LogP contribution in [-0.2, 0) is 18.5 Å². The number of carbonyl (C=O) groups excluding carboxylic acids is 1. The van der Waals surface area contributed by atoms with Crippen LogP contribution in [0.25, 0.3) is 0 Å². The minimum absolute atomic E-state index is 0.0111. The summed E-state index contributed by atoms with van der Waals surface area (Å²) in [6, 6.07) is 2.14. The summed E-state index contributed by atoms with van der Waals surface area (Å²) in [4.78, 5) is 11.6. The van der Waals surface area contributed by atoms with Crippen LogP contribution in [0.2, 0.25) is 10.0 Å². The summed E-state index contributed by atoms with van der Waals surface area (Å²) in [5.41, 5.74) is -0.109. The Bertz CT molecular complexity index is 638. The first-order valence-electron chi connectivity index (χ1n) is 5.51. The molecule has 9 heteroatoms. The van der Waals surface area contributed by atoms with E-state index in [-0.39, 0.29) is 26.6 Å². The lowest BCUT2D eigenvalue weighted by molar-refractivity contribution is 0.0270. The average molecular weight is 360 g/mol. The molecular weight excluding hydrogens is 351 g/mol. The van der Waals surface area contributed by atoms with Gasteiger partial charge in [-0.15, -0.1) is 0 Å². The van der Waals surface area contributed by atoms with Crippen molar-refractivity contribution in [3.8, 4) is 0 Å². The highest BCUT2D eigenvalue weighted by atomic mass is 35.7. The molecule has 0 aromatic heterocycles. The van der Waals surface area contributed by atoms with Crippen molar-refractivity contribution in [3.05, 3.63) is 27.7 Å². The van der Waals surface area contributed by atoms with Gasteiger partial charge in [-0.3, -0.25) is 0 Å². The quantitative estimate of drug-likeness (QED) is 0.613.